The summed E-state index contributed by atoms with van der Waals surface area (Å²) in [6.07, 6.45) is 3.69. The van der Waals surface area contributed by atoms with Crippen LogP contribution in [0.5, 0.6) is 0 Å². The van der Waals surface area contributed by atoms with Gasteiger partial charge in [0.25, 0.3) is 0 Å². The van der Waals surface area contributed by atoms with Crippen LogP contribution in [-0.4, -0.2) is 4.98 Å². The first-order valence-corrected chi connectivity index (χ1v) is 5.66. The summed E-state index contributed by atoms with van der Waals surface area (Å²) in [5.41, 5.74) is 11.3. The van der Waals surface area contributed by atoms with E-state index in [4.69, 9.17) is 5.73 Å². The Hall–Kier alpha value is -2.03. The Morgan fingerprint density at radius 3 is 2.82 bits per heavy atom. The van der Waals surface area contributed by atoms with Gasteiger partial charge in [-0.1, -0.05) is 6.07 Å². The maximum atomic E-state index is 5.91. The molecular formula is C14H17N3. The van der Waals surface area contributed by atoms with Gasteiger partial charge < -0.3 is 11.1 Å². The quantitative estimate of drug-likeness (QED) is 0.793. The predicted octanol–water partition coefficient (Wildman–Crippen LogP) is 2.89. The highest BCUT2D eigenvalue weighted by molar-refractivity contribution is 5.67. The number of anilines is 2. The van der Waals surface area contributed by atoms with E-state index in [9.17, 15) is 0 Å². The van der Waals surface area contributed by atoms with E-state index in [1.165, 1.54) is 16.7 Å². The number of hydrogen-bond acceptors (Lipinski definition) is 3. The number of rotatable bonds is 3. The molecule has 0 aliphatic rings. The number of nitrogen functional groups attached to an aromatic ring is 1. The summed E-state index contributed by atoms with van der Waals surface area (Å²) in [6, 6.07) is 8.00. The molecule has 3 nitrogen and oxygen atoms in total. The Bertz CT molecular complexity index is 521. The van der Waals surface area contributed by atoms with Crippen LogP contribution < -0.4 is 11.1 Å². The van der Waals surface area contributed by atoms with Gasteiger partial charge in [0.05, 0.1) is 11.4 Å². The van der Waals surface area contributed by atoms with E-state index in [0.717, 1.165) is 17.9 Å². The molecule has 0 bridgehead atoms. The predicted molar refractivity (Wildman–Crippen MR) is 71.9 cm³/mol. The fourth-order valence-corrected chi connectivity index (χ4v) is 1.70. The average molecular weight is 227 g/mol. The molecule has 0 saturated carbocycles. The van der Waals surface area contributed by atoms with E-state index in [1.807, 2.05) is 24.4 Å². The zero-order valence-corrected chi connectivity index (χ0v) is 10.2. The molecular weight excluding hydrogens is 210 g/mol. The van der Waals surface area contributed by atoms with Gasteiger partial charge in [-0.05, 0) is 48.7 Å². The molecule has 3 N–H and O–H groups in total. The minimum atomic E-state index is 0.743. The molecule has 0 unspecified atom stereocenters. The molecule has 0 amide bonds. The molecule has 0 saturated heterocycles. The van der Waals surface area contributed by atoms with Crippen molar-refractivity contribution < 1.29 is 0 Å². The van der Waals surface area contributed by atoms with Gasteiger partial charge in [0.2, 0.25) is 0 Å². The SMILES string of the molecule is Cc1ccc(N)c(NCc2cnccc2C)c1. The molecule has 17 heavy (non-hydrogen) atoms. The number of nitrogens with zero attached hydrogens (tertiary/aromatic N) is 1. The number of hydrogen-bond donors (Lipinski definition) is 2. The van der Waals surface area contributed by atoms with Crippen molar-refractivity contribution in [2.24, 2.45) is 0 Å². The summed E-state index contributed by atoms with van der Waals surface area (Å²) in [5.74, 6) is 0. The number of pyridine rings is 1. The standard InChI is InChI=1S/C14H17N3/c1-10-3-4-13(15)14(7-10)17-9-12-8-16-6-5-11(12)2/h3-8,17H,9,15H2,1-2H3. The topological polar surface area (TPSA) is 50.9 Å². The van der Waals surface area contributed by atoms with Gasteiger partial charge in [0, 0.05) is 18.9 Å². The lowest BCUT2D eigenvalue weighted by atomic mass is 10.1. The molecule has 0 aliphatic carbocycles. The second kappa shape index (κ2) is 4.87. The van der Waals surface area contributed by atoms with E-state index in [2.05, 4.69) is 30.2 Å². The van der Waals surface area contributed by atoms with Crippen molar-refractivity contribution in [3.05, 3.63) is 53.3 Å². The van der Waals surface area contributed by atoms with E-state index in [1.54, 1.807) is 6.20 Å². The van der Waals surface area contributed by atoms with Gasteiger partial charge >= 0.3 is 0 Å². The lowest BCUT2D eigenvalue weighted by Gasteiger charge is -2.11. The highest BCUT2D eigenvalue weighted by Crippen LogP contribution is 2.20. The average Bonchev–Trinajstić information content (AvgIpc) is 2.32. The highest BCUT2D eigenvalue weighted by Gasteiger charge is 2.01. The molecule has 1 aromatic heterocycles. The van der Waals surface area contributed by atoms with E-state index >= 15 is 0 Å². The molecule has 2 aromatic rings. The Kier molecular flexibility index (Phi) is 3.28. The van der Waals surface area contributed by atoms with Crippen LogP contribution in [0, 0.1) is 13.8 Å². The number of benzene rings is 1. The monoisotopic (exact) mass is 227 g/mol. The highest BCUT2D eigenvalue weighted by atomic mass is 14.9. The molecule has 88 valence electrons. The first kappa shape index (κ1) is 11.5. The number of aryl methyl sites for hydroxylation is 2. The van der Waals surface area contributed by atoms with Crippen LogP contribution >= 0.6 is 0 Å². The van der Waals surface area contributed by atoms with E-state index in [-0.39, 0.29) is 0 Å². The van der Waals surface area contributed by atoms with Crippen LogP contribution in [0.25, 0.3) is 0 Å². The Morgan fingerprint density at radius 2 is 2.06 bits per heavy atom. The minimum Gasteiger partial charge on any atom is -0.397 e. The molecule has 0 fully saturated rings. The summed E-state index contributed by atoms with van der Waals surface area (Å²) in [5, 5.41) is 3.35. The zero-order valence-electron chi connectivity index (χ0n) is 10.2. The summed E-state index contributed by atoms with van der Waals surface area (Å²) in [6.45, 7) is 4.88. The largest absolute Gasteiger partial charge is 0.397 e. The second-order valence-corrected chi connectivity index (χ2v) is 4.25. The van der Waals surface area contributed by atoms with Gasteiger partial charge in [0.15, 0.2) is 0 Å². The van der Waals surface area contributed by atoms with Crippen molar-refractivity contribution in [3.8, 4) is 0 Å². The van der Waals surface area contributed by atoms with Crippen LogP contribution in [-0.2, 0) is 6.54 Å². The smallest absolute Gasteiger partial charge is 0.0579 e. The Morgan fingerprint density at radius 1 is 1.24 bits per heavy atom. The van der Waals surface area contributed by atoms with Crippen molar-refractivity contribution >= 4 is 11.4 Å². The summed E-state index contributed by atoms with van der Waals surface area (Å²) >= 11 is 0. The molecule has 1 aromatic carbocycles. The van der Waals surface area contributed by atoms with Crippen molar-refractivity contribution in [1.29, 1.82) is 0 Å². The summed E-state index contributed by atoms with van der Waals surface area (Å²) in [7, 11) is 0. The maximum Gasteiger partial charge on any atom is 0.0579 e. The van der Waals surface area contributed by atoms with Crippen molar-refractivity contribution in [2.75, 3.05) is 11.1 Å². The minimum absolute atomic E-state index is 0.743. The first-order chi connectivity index (χ1) is 8.16. The molecule has 3 heteroatoms. The van der Waals surface area contributed by atoms with Crippen LogP contribution in [0.1, 0.15) is 16.7 Å². The fourth-order valence-electron chi connectivity index (χ4n) is 1.70. The number of aromatic nitrogens is 1. The van der Waals surface area contributed by atoms with Gasteiger partial charge in [-0.3, -0.25) is 4.98 Å². The molecule has 0 radical (unpaired) electrons. The fraction of sp³-hybridized carbons (Fsp3) is 0.214. The Labute approximate surface area is 102 Å². The molecule has 0 spiro atoms. The molecule has 0 atom stereocenters. The van der Waals surface area contributed by atoms with Gasteiger partial charge in [-0.25, -0.2) is 0 Å². The first-order valence-electron chi connectivity index (χ1n) is 5.66. The van der Waals surface area contributed by atoms with Gasteiger partial charge in [-0.15, -0.1) is 0 Å². The third-order valence-corrected chi connectivity index (χ3v) is 2.83. The normalized spacial score (nSPS) is 10.2. The molecule has 2 rings (SSSR count). The van der Waals surface area contributed by atoms with Gasteiger partial charge in [0.1, 0.15) is 0 Å². The Balaban J connectivity index is 2.12. The molecule has 1 heterocycles. The van der Waals surface area contributed by atoms with Crippen LogP contribution in [0.2, 0.25) is 0 Å². The summed E-state index contributed by atoms with van der Waals surface area (Å²) < 4.78 is 0. The number of nitrogens with two attached hydrogens (primary N) is 1. The summed E-state index contributed by atoms with van der Waals surface area (Å²) in [4.78, 5) is 4.13. The third-order valence-electron chi connectivity index (χ3n) is 2.83. The number of nitrogens with one attached hydrogen (secondary N) is 1. The zero-order chi connectivity index (χ0) is 12.3. The van der Waals surface area contributed by atoms with Crippen molar-refractivity contribution in [1.82, 2.24) is 4.98 Å². The van der Waals surface area contributed by atoms with E-state index < -0.39 is 0 Å². The van der Waals surface area contributed by atoms with Crippen LogP contribution in [0.4, 0.5) is 11.4 Å². The maximum absolute atomic E-state index is 5.91. The van der Waals surface area contributed by atoms with E-state index in [0.29, 0.717) is 0 Å². The molecule has 0 aliphatic heterocycles. The second-order valence-electron chi connectivity index (χ2n) is 4.25. The third kappa shape index (κ3) is 2.75. The van der Waals surface area contributed by atoms with Crippen molar-refractivity contribution in [2.45, 2.75) is 20.4 Å². The van der Waals surface area contributed by atoms with Crippen LogP contribution in [0.15, 0.2) is 36.7 Å². The lowest BCUT2D eigenvalue weighted by molar-refractivity contribution is 1.08. The van der Waals surface area contributed by atoms with Crippen molar-refractivity contribution in [3.63, 3.8) is 0 Å². The van der Waals surface area contributed by atoms with Gasteiger partial charge in [-0.2, -0.15) is 0 Å². The van der Waals surface area contributed by atoms with Crippen LogP contribution in [0.3, 0.4) is 0 Å². The lowest BCUT2D eigenvalue weighted by Crippen LogP contribution is -2.04.